The van der Waals surface area contributed by atoms with E-state index in [0.29, 0.717) is 0 Å². The first-order valence-corrected chi connectivity index (χ1v) is 12.5. The Morgan fingerprint density at radius 2 is 1.54 bits per heavy atom. The zero-order chi connectivity index (χ0) is 18.0. The van der Waals surface area contributed by atoms with Gasteiger partial charge in [0.25, 0.3) is 0 Å². The molecule has 0 aliphatic carbocycles. The SMILES string of the molecule is CC1(C)OB(CC(CCc2ccccc2)O[Si](C)(C)C)OC1(C)C. The summed E-state index contributed by atoms with van der Waals surface area (Å²) in [5.41, 5.74) is 0.803. The predicted molar refractivity (Wildman–Crippen MR) is 104 cm³/mol. The van der Waals surface area contributed by atoms with Crippen LogP contribution >= 0.6 is 0 Å². The summed E-state index contributed by atoms with van der Waals surface area (Å²) in [4.78, 5) is 0. The topological polar surface area (TPSA) is 27.7 Å². The van der Waals surface area contributed by atoms with Gasteiger partial charge in [0, 0.05) is 12.4 Å². The second kappa shape index (κ2) is 7.32. The Bertz CT molecular complexity index is 509. The Kier molecular flexibility index (Phi) is 6.01. The van der Waals surface area contributed by atoms with E-state index in [-0.39, 0.29) is 24.4 Å². The minimum atomic E-state index is -1.61. The third-order valence-electron chi connectivity index (χ3n) is 4.88. The first-order chi connectivity index (χ1) is 11.0. The van der Waals surface area contributed by atoms with Crippen molar-refractivity contribution in [3.05, 3.63) is 35.9 Å². The lowest BCUT2D eigenvalue weighted by Crippen LogP contribution is -2.41. The van der Waals surface area contributed by atoms with E-state index >= 15 is 0 Å². The molecule has 0 radical (unpaired) electrons. The molecule has 3 nitrogen and oxygen atoms in total. The van der Waals surface area contributed by atoms with Gasteiger partial charge in [-0.15, -0.1) is 0 Å². The Hall–Kier alpha value is -0.618. The van der Waals surface area contributed by atoms with Gasteiger partial charge < -0.3 is 13.7 Å². The van der Waals surface area contributed by atoms with Gasteiger partial charge in [0.1, 0.15) is 0 Å². The maximum Gasteiger partial charge on any atom is 0.460 e. The van der Waals surface area contributed by atoms with Gasteiger partial charge >= 0.3 is 7.12 Å². The molecule has 24 heavy (non-hydrogen) atoms. The highest BCUT2D eigenvalue weighted by Crippen LogP contribution is 2.38. The summed E-state index contributed by atoms with van der Waals surface area (Å²) < 4.78 is 18.8. The highest BCUT2D eigenvalue weighted by molar-refractivity contribution is 6.69. The molecule has 0 bridgehead atoms. The van der Waals surface area contributed by atoms with E-state index in [1.54, 1.807) is 0 Å². The third kappa shape index (κ3) is 5.45. The Morgan fingerprint density at radius 1 is 1.00 bits per heavy atom. The fourth-order valence-electron chi connectivity index (χ4n) is 2.97. The van der Waals surface area contributed by atoms with E-state index in [2.05, 4.69) is 77.7 Å². The molecule has 134 valence electrons. The Morgan fingerprint density at radius 3 is 2.04 bits per heavy atom. The van der Waals surface area contributed by atoms with Gasteiger partial charge in [-0.05, 0) is 65.7 Å². The van der Waals surface area contributed by atoms with E-state index in [0.717, 1.165) is 19.2 Å². The van der Waals surface area contributed by atoms with Gasteiger partial charge in [-0.2, -0.15) is 0 Å². The molecule has 1 unspecified atom stereocenters. The average Bonchev–Trinajstić information content (AvgIpc) is 2.63. The van der Waals surface area contributed by atoms with Gasteiger partial charge in [-0.1, -0.05) is 30.3 Å². The van der Waals surface area contributed by atoms with Crippen molar-refractivity contribution in [3.63, 3.8) is 0 Å². The number of hydrogen-bond acceptors (Lipinski definition) is 3. The second-order valence-electron chi connectivity index (χ2n) is 8.80. The third-order valence-corrected chi connectivity index (χ3v) is 5.92. The van der Waals surface area contributed by atoms with Crippen LogP contribution in [0.3, 0.4) is 0 Å². The summed E-state index contributed by atoms with van der Waals surface area (Å²) in [5, 5.41) is 0. The first-order valence-electron chi connectivity index (χ1n) is 9.06. The first kappa shape index (κ1) is 19.7. The second-order valence-corrected chi connectivity index (χ2v) is 13.3. The molecule has 0 N–H and O–H groups in total. The van der Waals surface area contributed by atoms with E-state index < -0.39 is 8.32 Å². The molecular weight excluding hydrogens is 315 g/mol. The van der Waals surface area contributed by atoms with Gasteiger partial charge in [0.2, 0.25) is 0 Å². The maximum atomic E-state index is 6.44. The lowest BCUT2D eigenvalue weighted by Gasteiger charge is -2.32. The van der Waals surface area contributed by atoms with Crippen LogP contribution in [0.5, 0.6) is 0 Å². The minimum Gasteiger partial charge on any atom is -0.415 e. The molecule has 1 aromatic carbocycles. The largest absolute Gasteiger partial charge is 0.460 e. The molecule has 1 aromatic rings. The van der Waals surface area contributed by atoms with Crippen LogP contribution in [0.2, 0.25) is 26.0 Å². The van der Waals surface area contributed by atoms with Crippen molar-refractivity contribution < 1.29 is 13.7 Å². The quantitative estimate of drug-likeness (QED) is 0.654. The van der Waals surface area contributed by atoms with Crippen LogP contribution in [-0.4, -0.2) is 32.7 Å². The summed E-state index contributed by atoms with van der Waals surface area (Å²) in [6.45, 7) is 15.1. The van der Waals surface area contributed by atoms with Gasteiger partial charge in [0.05, 0.1) is 11.2 Å². The van der Waals surface area contributed by atoms with Crippen molar-refractivity contribution in [2.45, 2.75) is 83.8 Å². The fourth-order valence-corrected chi connectivity index (χ4v) is 4.19. The van der Waals surface area contributed by atoms with Crippen LogP contribution in [0.25, 0.3) is 0 Å². The molecule has 5 heteroatoms. The molecule has 1 saturated heterocycles. The zero-order valence-corrected chi connectivity index (χ0v) is 17.4. The van der Waals surface area contributed by atoms with Gasteiger partial charge in [-0.25, -0.2) is 0 Å². The molecule has 2 rings (SSSR count). The van der Waals surface area contributed by atoms with Crippen LogP contribution in [-0.2, 0) is 20.2 Å². The van der Waals surface area contributed by atoms with Crippen molar-refractivity contribution in [1.29, 1.82) is 0 Å². The fraction of sp³-hybridized carbons (Fsp3) is 0.684. The monoisotopic (exact) mass is 348 g/mol. The molecule has 1 aliphatic rings. The van der Waals surface area contributed by atoms with Gasteiger partial charge in [-0.3, -0.25) is 0 Å². The molecule has 0 saturated carbocycles. The summed E-state index contributed by atoms with van der Waals surface area (Å²) in [6.07, 6.45) is 2.99. The van der Waals surface area contributed by atoms with Crippen LogP contribution in [0, 0.1) is 0 Å². The van der Waals surface area contributed by atoms with Crippen LogP contribution in [0.4, 0.5) is 0 Å². The normalized spacial score (nSPS) is 21.0. The molecule has 1 aliphatic heterocycles. The smallest absolute Gasteiger partial charge is 0.415 e. The lowest BCUT2D eigenvalue weighted by molar-refractivity contribution is 0.00578. The van der Waals surface area contributed by atoms with Crippen molar-refractivity contribution in [3.8, 4) is 0 Å². The van der Waals surface area contributed by atoms with Crippen molar-refractivity contribution in [2.24, 2.45) is 0 Å². The Balaban J connectivity index is 1.99. The molecule has 1 heterocycles. The highest BCUT2D eigenvalue weighted by atomic mass is 28.4. The Labute approximate surface area is 149 Å². The summed E-state index contributed by atoms with van der Waals surface area (Å²) in [7, 11) is -1.80. The molecule has 1 fully saturated rings. The van der Waals surface area contributed by atoms with E-state index in [9.17, 15) is 0 Å². The van der Waals surface area contributed by atoms with E-state index in [1.165, 1.54) is 5.56 Å². The van der Waals surface area contributed by atoms with Crippen LogP contribution in [0.1, 0.15) is 39.7 Å². The van der Waals surface area contributed by atoms with Crippen LogP contribution < -0.4 is 0 Å². The molecule has 0 spiro atoms. The van der Waals surface area contributed by atoms with E-state index in [1.807, 2.05) is 0 Å². The number of aryl methyl sites for hydroxylation is 1. The summed E-state index contributed by atoms with van der Waals surface area (Å²) >= 11 is 0. The lowest BCUT2D eigenvalue weighted by atomic mass is 9.80. The molecule has 1 atom stereocenters. The maximum absolute atomic E-state index is 6.44. The predicted octanol–water partition coefficient (Wildman–Crippen LogP) is 4.93. The highest BCUT2D eigenvalue weighted by Gasteiger charge is 2.51. The minimum absolute atomic E-state index is 0.173. The van der Waals surface area contributed by atoms with Crippen molar-refractivity contribution >= 4 is 15.4 Å². The van der Waals surface area contributed by atoms with Crippen LogP contribution in [0.15, 0.2) is 30.3 Å². The van der Waals surface area contributed by atoms with Crippen molar-refractivity contribution in [1.82, 2.24) is 0 Å². The zero-order valence-electron chi connectivity index (χ0n) is 16.4. The molecule has 0 aromatic heterocycles. The van der Waals surface area contributed by atoms with E-state index in [4.69, 9.17) is 13.7 Å². The van der Waals surface area contributed by atoms with Gasteiger partial charge in [0.15, 0.2) is 8.32 Å². The number of rotatable bonds is 7. The average molecular weight is 348 g/mol. The number of hydrogen-bond donors (Lipinski definition) is 0. The molecular formula is C19H33BO3Si. The van der Waals surface area contributed by atoms with Crippen molar-refractivity contribution in [2.75, 3.05) is 0 Å². The summed E-state index contributed by atoms with van der Waals surface area (Å²) in [5.74, 6) is 0. The molecule has 0 amide bonds. The standard InChI is InChI=1S/C19H33BO3Si/c1-18(2)19(3,4)23-20(22-18)15-17(21-24(5,6)7)14-13-16-11-9-8-10-12-16/h8-12,17H,13-15H2,1-7H3. The summed E-state index contributed by atoms with van der Waals surface area (Å²) in [6, 6.07) is 10.6. The number of benzene rings is 1.